The minimum absolute atomic E-state index is 0.133. The van der Waals surface area contributed by atoms with Crippen molar-refractivity contribution in [1.29, 1.82) is 0 Å². The van der Waals surface area contributed by atoms with Crippen molar-refractivity contribution in [2.75, 3.05) is 31.6 Å². The average molecular weight is 467 g/mol. The molecule has 0 radical (unpaired) electrons. The molecule has 7 heteroatoms. The van der Waals surface area contributed by atoms with E-state index in [1.807, 2.05) is 69.4 Å². The lowest BCUT2D eigenvalue weighted by molar-refractivity contribution is -0.129. The van der Waals surface area contributed by atoms with Crippen LogP contribution < -0.4 is 10.2 Å². The molecule has 1 N–H and O–H groups in total. The third-order valence-corrected chi connectivity index (χ3v) is 6.15. The summed E-state index contributed by atoms with van der Waals surface area (Å²) in [5.74, 6) is 0.791. The Morgan fingerprint density at radius 1 is 1.06 bits per heavy atom. The standard InChI is InChI=1S/C27H38N4O3/c1-27(2,3)34-26(33)29-20-23-7-5-22(6-8-23)19-25(32)30(4)16-11-21-12-17-31(18-13-21)24-9-14-28-15-10-24/h5-10,14-15,21H,11-13,16-20H2,1-4H3,(H,29,33). The van der Waals surface area contributed by atoms with E-state index in [0.717, 1.165) is 50.0 Å². The first kappa shape index (κ1) is 25.5. The average Bonchev–Trinajstić information content (AvgIpc) is 2.82. The molecule has 184 valence electrons. The molecule has 34 heavy (non-hydrogen) atoms. The van der Waals surface area contributed by atoms with E-state index in [9.17, 15) is 9.59 Å². The molecule has 7 nitrogen and oxygen atoms in total. The summed E-state index contributed by atoms with van der Waals surface area (Å²) in [6, 6.07) is 11.9. The first-order chi connectivity index (χ1) is 16.2. The normalized spacial score (nSPS) is 14.5. The number of pyridine rings is 1. The number of hydrogen-bond donors (Lipinski definition) is 1. The molecule has 0 bridgehead atoms. The first-order valence-corrected chi connectivity index (χ1v) is 12.1. The Balaban J connectivity index is 1.36. The summed E-state index contributed by atoms with van der Waals surface area (Å²) in [6.45, 7) is 8.80. The maximum Gasteiger partial charge on any atom is 0.407 e. The zero-order valence-electron chi connectivity index (χ0n) is 20.9. The predicted octanol–water partition coefficient (Wildman–Crippen LogP) is 4.41. The quantitative estimate of drug-likeness (QED) is 0.624. The number of hydrogen-bond acceptors (Lipinski definition) is 5. The number of nitrogens with zero attached hydrogens (tertiary/aromatic N) is 3. The van der Waals surface area contributed by atoms with E-state index in [1.54, 1.807) is 0 Å². The highest BCUT2D eigenvalue weighted by Gasteiger charge is 2.21. The second kappa shape index (κ2) is 11.9. The van der Waals surface area contributed by atoms with Gasteiger partial charge in [-0.3, -0.25) is 9.78 Å². The lowest BCUT2D eigenvalue weighted by Gasteiger charge is -2.34. The zero-order valence-corrected chi connectivity index (χ0v) is 20.9. The number of likely N-dealkylation sites (N-methyl/N-ethyl adjacent to an activating group) is 1. The molecule has 1 aliphatic heterocycles. The maximum absolute atomic E-state index is 12.7. The summed E-state index contributed by atoms with van der Waals surface area (Å²) in [6.07, 6.45) is 6.99. The first-order valence-electron chi connectivity index (χ1n) is 12.1. The molecule has 0 spiro atoms. The van der Waals surface area contributed by atoms with E-state index in [0.29, 0.717) is 18.9 Å². The fraction of sp³-hybridized carbons (Fsp3) is 0.519. The Hall–Kier alpha value is -3.09. The molecule has 0 atom stereocenters. The van der Waals surface area contributed by atoms with Gasteiger partial charge in [0.2, 0.25) is 5.91 Å². The van der Waals surface area contributed by atoms with Crippen LogP contribution in [-0.4, -0.2) is 54.2 Å². The minimum Gasteiger partial charge on any atom is -0.444 e. The van der Waals surface area contributed by atoms with Gasteiger partial charge in [0.15, 0.2) is 0 Å². The Bertz CT molecular complexity index is 917. The van der Waals surface area contributed by atoms with Crippen LogP contribution in [0.5, 0.6) is 0 Å². The number of ether oxygens (including phenoxy) is 1. The van der Waals surface area contributed by atoms with Crippen molar-refractivity contribution in [3.8, 4) is 0 Å². The second-order valence-electron chi connectivity index (χ2n) is 10.1. The van der Waals surface area contributed by atoms with Gasteiger partial charge in [0.25, 0.3) is 0 Å². The van der Waals surface area contributed by atoms with Crippen LogP contribution in [0, 0.1) is 5.92 Å². The van der Waals surface area contributed by atoms with Gasteiger partial charge in [0, 0.05) is 51.3 Å². The molecule has 1 aliphatic rings. The molecule has 2 amide bonds. The van der Waals surface area contributed by atoms with E-state index in [-0.39, 0.29) is 5.91 Å². The van der Waals surface area contributed by atoms with Crippen LogP contribution in [0.4, 0.5) is 10.5 Å². The summed E-state index contributed by atoms with van der Waals surface area (Å²) in [5, 5.41) is 2.75. The van der Waals surface area contributed by atoms with Crippen LogP contribution in [-0.2, 0) is 22.5 Å². The Morgan fingerprint density at radius 3 is 2.29 bits per heavy atom. The number of piperidine rings is 1. The molecular formula is C27H38N4O3. The van der Waals surface area contributed by atoms with Gasteiger partial charge in [-0.1, -0.05) is 24.3 Å². The van der Waals surface area contributed by atoms with Gasteiger partial charge in [-0.25, -0.2) is 4.79 Å². The van der Waals surface area contributed by atoms with E-state index in [1.165, 1.54) is 5.69 Å². The Kier molecular flexibility index (Phi) is 8.91. The van der Waals surface area contributed by atoms with Crippen molar-refractivity contribution < 1.29 is 14.3 Å². The van der Waals surface area contributed by atoms with Gasteiger partial charge in [-0.2, -0.15) is 0 Å². The molecular weight excluding hydrogens is 428 g/mol. The number of carbonyl (C=O) groups excluding carboxylic acids is 2. The number of rotatable bonds is 8. The summed E-state index contributed by atoms with van der Waals surface area (Å²) in [4.78, 5) is 32.8. The van der Waals surface area contributed by atoms with Gasteiger partial charge in [-0.15, -0.1) is 0 Å². The fourth-order valence-corrected chi connectivity index (χ4v) is 4.11. The molecule has 0 aliphatic carbocycles. The maximum atomic E-state index is 12.7. The zero-order chi connectivity index (χ0) is 24.6. The van der Waals surface area contributed by atoms with Crippen LogP contribution in [0.1, 0.15) is 51.2 Å². The number of anilines is 1. The van der Waals surface area contributed by atoms with Crippen molar-refractivity contribution in [2.24, 2.45) is 5.92 Å². The number of nitrogens with one attached hydrogen (secondary N) is 1. The van der Waals surface area contributed by atoms with Crippen LogP contribution in [0.2, 0.25) is 0 Å². The van der Waals surface area contributed by atoms with Gasteiger partial charge >= 0.3 is 6.09 Å². The second-order valence-corrected chi connectivity index (χ2v) is 10.1. The highest BCUT2D eigenvalue weighted by atomic mass is 16.6. The number of aromatic nitrogens is 1. The molecule has 1 saturated heterocycles. The molecule has 1 aromatic carbocycles. The number of carbonyl (C=O) groups is 2. The highest BCUT2D eigenvalue weighted by Crippen LogP contribution is 2.25. The minimum atomic E-state index is -0.516. The smallest absolute Gasteiger partial charge is 0.407 e. The summed E-state index contributed by atoms with van der Waals surface area (Å²) >= 11 is 0. The summed E-state index contributed by atoms with van der Waals surface area (Å²) in [5.41, 5.74) is 2.67. The van der Waals surface area contributed by atoms with Gasteiger partial charge in [0.1, 0.15) is 5.60 Å². The SMILES string of the molecule is CN(CCC1CCN(c2ccncc2)CC1)C(=O)Cc1ccc(CNC(=O)OC(C)(C)C)cc1. The van der Waals surface area contributed by atoms with Crippen molar-refractivity contribution >= 4 is 17.7 Å². The topological polar surface area (TPSA) is 74.8 Å². The number of benzene rings is 1. The Morgan fingerprint density at radius 2 is 1.68 bits per heavy atom. The molecule has 1 fully saturated rings. The van der Waals surface area contributed by atoms with Crippen molar-refractivity contribution in [1.82, 2.24) is 15.2 Å². The van der Waals surface area contributed by atoms with E-state index >= 15 is 0 Å². The van der Waals surface area contributed by atoms with Crippen LogP contribution in [0.25, 0.3) is 0 Å². The number of alkyl carbamates (subject to hydrolysis) is 1. The van der Waals surface area contributed by atoms with E-state index in [4.69, 9.17) is 4.74 Å². The van der Waals surface area contributed by atoms with Crippen molar-refractivity contribution in [2.45, 2.75) is 58.6 Å². The summed E-state index contributed by atoms with van der Waals surface area (Å²) in [7, 11) is 1.90. The van der Waals surface area contributed by atoms with Gasteiger partial charge < -0.3 is 19.9 Å². The number of amides is 2. The molecule has 3 rings (SSSR count). The molecule has 0 unspecified atom stereocenters. The van der Waals surface area contributed by atoms with Gasteiger partial charge in [-0.05, 0) is 69.2 Å². The Labute approximate surface area is 203 Å². The summed E-state index contributed by atoms with van der Waals surface area (Å²) < 4.78 is 5.25. The fourth-order valence-electron chi connectivity index (χ4n) is 4.11. The van der Waals surface area contributed by atoms with E-state index < -0.39 is 11.7 Å². The van der Waals surface area contributed by atoms with Crippen LogP contribution >= 0.6 is 0 Å². The molecule has 2 heterocycles. The third-order valence-electron chi connectivity index (χ3n) is 6.15. The van der Waals surface area contributed by atoms with E-state index in [2.05, 4.69) is 27.3 Å². The monoisotopic (exact) mass is 466 g/mol. The predicted molar refractivity (Wildman–Crippen MR) is 135 cm³/mol. The molecule has 0 saturated carbocycles. The highest BCUT2D eigenvalue weighted by molar-refractivity contribution is 5.78. The van der Waals surface area contributed by atoms with Crippen molar-refractivity contribution in [3.05, 3.63) is 59.9 Å². The van der Waals surface area contributed by atoms with Crippen molar-refractivity contribution in [3.63, 3.8) is 0 Å². The lowest BCUT2D eigenvalue weighted by Crippen LogP contribution is -2.36. The van der Waals surface area contributed by atoms with Gasteiger partial charge in [0.05, 0.1) is 6.42 Å². The van der Waals surface area contributed by atoms with Crippen LogP contribution in [0.15, 0.2) is 48.8 Å². The lowest BCUT2D eigenvalue weighted by atomic mass is 9.93. The molecule has 1 aromatic heterocycles. The largest absolute Gasteiger partial charge is 0.444 e. The molecule has 2 aromatic rings. The third kappa shape index (κ3) is 8.36. The van der Waals surface area contributed by atoms with Crippen LogP contribution in [0.3, 0.4) is 0 Å².